The Morgan fingerprint density at radius 1 is 1.45 bits per heavy atom. The first kappa shape index (κ1) is 24.4. The third-order valence-corrected chi connectivity index (χ3v) is 7.44. The third kappa shape index (κ3) is 4.63. The van der Waals surface area contributed by atoms with Crippen molar-refractivity contribution in [1.29, 1.82) is 0 Å². The number of nitrogen functional groups attached to an aromatic ring is 1. The number of amides is 2. The van der Waals surface area contributed by atoms with E-state index in [1.165, 1.54) is 22.0 Å². The Hall–Kier alpha value is -1.22. The first-order valence-corrected chi connectivity index (χ1v) is 11.5. The van der Waals surface area contributed by atoms with Crippen molar-refractivity contribution in [3.8, 4) is 0 Å². The molecule has 0 aromatic carbocycles. The van der Waals surface area contributed by atoms with Gasteiger partial charge in [0.1, 0.15) is 17.1 Å². The molecule has 160 valence electrons. The van der Waals surface area contributed by atoms with Crippen molar-refractivity contribution < 1.29 is 54.2 Å². The van der Waals surface area contributed by atoms with Crippen LogP contribution in [0.25, 0.3) is 0 Å². The van der Waals surface area contributed by atoms with Gasteiger partial charge in [-0.05, 0) is 29.4 Å². The van der Waals surface area contributed by atoms with Crippen molar-refractivity contribution in [2.45, 2.75) is 24.3 Å². The molecule has 4 heterocycles. The van der Waals surface area contributed by atoms with E-state index in [1.54, 1.807) is 0 Å². The second kappa shape index (κ2) is 10.1. The van der Waals surface area contributed by atoms with Crippen LogP contribution in [0, 0.1) is 5.92 Å². The maximum absolute atomic E-state index is 12.8. The van der Waals surface area contributed by atoms with Crippen LogP contribution in [-0.4, -0.2) is 68.1 Å². The zero-order valence-electron chi connectivity index (χ0n) is 16.6. The molecule has 2 atom stereocenters. The molecule has 4 N–H and O–H groups in total. The molecule has 0 aliphatic carbocycles. The molecule has 4 rings (SSSR count). The van der Waals surface area contributed by atoms with Gasteiger partial charge in [0.25, 0.3) is 11.8 Å². The first-order valence-electron chi connectivity index (χ1n) is 9.13. The number of hydrogen-bond acceptors (Lipinski definition) is 11. The van der Waals surface area contributed by atoms with Crippen molar-refractivity contribution in [3.63, 3.8) is 0 Å². The van der Waals surface area contributed by atoms with Crippen molar-refractivity contribution in [2.24, 2.45) is 11.1 Å². The predicted octanol–water partition coefficient (Wildman–Crippen LogP) is -3.32. The standard InChI is InChI=1S/C17H19N5O5S3.Na/c18-17-19-9(6-30-17)10(21-26)13(23)20-11-14(24)22-12(16(25)28)8(5-29-15(11)22)7-1-3-27-4-2-7;/h6-7,11,15,26H,1-5H2,(H2,18,19)(H,20,23)(H,25,28);/q;+1/p-1/b21-10+;/t11?,15-;/m1./s1. The maximum Gasteiger partial charge on any atom is 1.00 e. The minimum atomic E-state index is -0.865. The summed E-state index contributed by atoms with van der Waals surface area (Å²) in [7, 11) is 0. The summed E-state index contributed by atoms with van der Waals surface area (Å²) in [6.45, 7) is 1.22. The van der Waals surface area contributed by atoms with Gasteiger partial charge in [0.15, 0.2) is 10.8 Å². The van der Waals surface area contributed by atoms with Crippen LogP contribution < -0.4 is 45.7 Å². The molecule has 31 heavy (non-hydrogen) atoms. The van der Waals surface area contributed by atoms with E-state index in [2.05, 4.69) is 15.5 Å². The van der Waals surface area contributed by atoms with Crippen molar-refractivity contribution in [2.75, 3.05) is 24.7 Å². The van der Waals surface area contributed by atoms with Crippen molar-refractivity contribution in [3.05, 3.63) is 22.3 Å². The summed E-state index contributed by atoms with van der Waals surface area (Å²) in [5.41, 5.74) is 6.48. The Morgan fingerprint density at radius 2 is 2.16 bits per heavy atom. The fourth-order valence-electron chi connectivity index (χ4n) is 3.81. The largest absolute Gasteiger partial charge is 1.00 e. The normalized spacial score (nSPS) is 24.2. The molecule has 3 aliphatic heterocycles. The van der Waals surface area contributed by atoms with Gasteiger partial charge >= 0.3 is 29.6 Å². The van der Waals surface area contributed by atoms with E-state index >= 15 is 0 Å². The van der Waals surface area contributed by atoms with Crippen LogP contribution in [0.5, 0.6) is 0 Å². The minimum Gasteiger partial charge on any atom is -0.863 e. The number of nitrogens with zero attached hydrogens (tertiary/aromatic N) is 3. The topological polar surface area (TPSA) is 153 Å². The summed E-state index contributed by atoms with van der Waals surface area (Å²) in [4.78, 5) is 30.7. The number of hydrogen-bond donors (Lipinski definition) is 3. The Balaban J connectivity index is 0.00000272. The summed E-state index contributed by atoms with van der Waals surface area (Å²) in [5.74, 6) is -0.480. The zero-order valence-corrected chi connectivity index (χ0v) is 21.0. The van der Waals surface area contributed by atoms with E-state index in [1.807, 2.05) is 0 Å². The predicted molar refractivity (Wildman–Crippen MR) is 113 cm³/mol. The number of carbonyl (C=O) groups is 2. The van der Waals surface area contributed by atoms with Crippen LogP contribution in [0.15, 0.2) is 21.8 Å². The van der Waals surface area contributed by atoms with E-state index in [4.69, 9.17) is 22.7 Å². The number of ether oxygens (including phenoxy) is 1. The van der Waals surface area contributed by atoms with E-state index in [0.717, 1.165) is 29.8 Å². The summed E-state index contributed by atoms with van der Waals surface area (Å²) in [6, 6.07) is -0.865. The van der Waals surface area contributed by atoms with E-state index < -0.39 is 28.3 Å². The third-order valence-electron chi connectivity index (χ3n) is 5.27. The van der Waals surface area contributed by atoms with Gasteiger partial charge in [-0.2, -0.15) is 0 Å². The number of thiocarbonyl (C=S) groups is 1. The second-order valence-corrected chi connectivity index (χ2v) is 9.29. The molecule has 1 aromatic heterocycles. The molecule has 0 bridgehead atoms. The van der Waals surface area contributed by atoms with Crippen LogP contribution in [0.1, 0.15) is 18.5 Å². The van der Waals surface area contributed by atoms with Crippen LogP contribution >= 0.6 is 35.3 Å². The smallest absolute Gasteiger partial charge is 0.863 e. The van der Waals surface area contributed by atoms with Crippen molar-refractivity contribution >= 4 is 63.0 Å². The average Bonchev–Trinajstić information content (AvgIpc) is 3.17. The SMILES string of the molecule is Nc1nc(/C(=N\O)C(=O)NC2C(=O)N3C(C([O-])=S)=C(C4CCOCC4)CS[C@H]23)cs1.[Na+]. The van der Waals surface area contributed by atoms with Crippen LogP contribution in [0.3, 0.4) is 0 Å². The molecule has 0 saturated carbocycles. The Bertz CT molecular complexity index is 962. The molecule has 1 aromatic rings. The fraction of sp³-hybridized carbons (Fsp3) is 0.471. The summed E-state index contributed by atoms with van der Waals surface area (Å²) < 4.78 is 5.39. The van der Waals surface area contributed by atoms with Gasteiger partial charge in [-0.25, -0.2) is 4.98 Å². The molecule has 3 aliphatic rings. The zero-order chi connectivity index (χ0) is 21.4. The van der Waals surface area contributed by atoms with Gasteiger partial charge in [0.2, 0.25) is 0 Å². The van der Waals surface area contributed by atoms with Gasteiger partial charge in [0.05, 0.1) is 0 Å². The van der Waals surface area contributed by atoms with Gasteiger partial charge < -0.3 is 26.1 Å². The number of carbonyl (C=O) groups excluding carboxylic acids is 2. The van der Waals surface area contributed by atoms with Gasteiger partial charge in [-0.1, -0.05) is 17.4 Å². The van der Waals surface area contributed by atoms with Crippen LogP contribution in [-0.2, 0) is 14.3 Å². The number of rotatable bonds is 5. The quantitative estimate of drug-likeness (QED) is 0.0959. The monoisotopic (exact) mass is 491 g/mol. The molecule has 0 spiro atoms. The Morgan fingerprint density at radius 3 is 2.74 bits per heavy atom. The number of anilines is 1. The Labute approximate surface area is 213 Å². The number of oxime groups is 1. The summed E-state index contributed by atoms with van der Waals surface area (Å²) in [5, 5.41) is 27.7. The van der Waals surface area contributed by atoms with Gasteiger partial charge in [-0.3, -0.25) is 14.5 Å². The summed E-state index contributed by atoms with van der Waals surface area (Å²) >= 11 is 7.48. The molecule has 1 unspecified atom stereocenters. The number of nitrogens with two attached hydrogens (primary N) is 1. The van der Waals surface area contributed by atoms with Crippen molar-refractivity contribution in [1.82, 2.24) is 15.2 Å². The number of aromatic nitrogens is 1. The Kier molecular flexibility index (Phi) is 8.00. The molecule has 2 amide bonds. The molecular weight excluding hydrogens is 473 g/mol. The molecule has 14 heteroatoms. The average molecular weight is 492 g/mol. The molecule has 0 radical (unpaired) electrons. The van der Waals surface area contributed by atoms with Gasteiger partial charge in [0, 0.05) is 30.0 Å². The van der Waals surface area contributed by atoms with E-state index in [0.29, 0.717) is 19.0 Å². The first-order chi connectivity index (χ1) is 14.4. The van der Waals surface area contributed by atoms with Crippen LogP contribution in [0.4, 0.5) is 5.13 Å². The van der Waals surface area contributed by atoms with Gasteiger partial charge in [-0.15, -0.1) is 23.1 Å². The second-order valence-electron chi connectivity index (χ2n) is 6.93. The minimum absolute atomic E-state index is 0. The maximum atomic E-state index is 12.8. The fourth-order valence-corrected chi connectivity index (χ4v) is 6.04. The summed E-state index contributed by atoms with van der Waals surface area (Å²) in [6.07, 6.45) is 1.56. The number of β-lactam (4-membered cyclic amide) rings is 1. The molecular formula is C17H18N5NaO5S3. The number of thioether (sulfide) groups is 1. The van der Waals surface area contributed by atoms with E-state index in [-0.39, 0.29) is 57.7 Å². The molecule has 2 saturated heterocycles. The number of nitrogens with one attached hydrogen (secondary N) is 1. The number of fused-ring (bicyclic) bond motifs is 1. The molecule has 10 nitrogen and oxygen atoms in total. The molecule has 2 fully saturated rings. The number of thiazole rings is 1. The van der Waals surface area contributed by atoms with Crippen LogP contribution in [0.2, 0.25) is 0 Å². The van der Waals surface area contributed by atoms with E-state index in [9.17, 15) is 19.9 Å².